The highest BCUT2D eigenvalue weighted by atomic mass is 35.5. The van der Waals surface area contributed by atoms with Crippen molar-refractivity contribution in [3.05, 3.63) is 23.2 Å². The number of ether oxygens (including phenoxy) is 2. The molecule has 0 saturated heterocycles. The van der Waals surface area contributed by atoms with Crippen molar-refractivity contribution in [3.8, 4) is 5.75 Å². The normalized spacial score (nSPS) is 11.3. The SMILES string of the molecule is COc1ccc(Cl)cc1NCCC(=O)N(CCN(C)C)CC(=O)OC(C)(C)C. The third-order valence-electron chi connectivity index (χ3n) is 3.73. The van der Waals surface area contributed by atoms with Crippen molar-refractivity contribution in [2.24, 2.45) is 0 Å². The lowest BCUT2D eigenvalue weighted by molar-refractivity contribution is -0.158. The zero-order valence-corrected chi connectivity index (χ0v) is 18.4. The molecule has 1 rings (SSSR count). The number of anilines is 1. The molecule has 0 aromatic heterocycles. The number of carbonyl (C=O) groups is 2. The number of methoxy groups -OCH3 is 1. The summed E-state index contributed by atoms with van der Waals surface area (Å²) < 4.78 is 10.6. The maximum atomic E-state index is 12.7. The zero-order chi connectivity index (χ0) is 21.3. The molecule has 0 saturated carbocycles. The van der Waals surface area contributed by atoms with Crippen LogP contribution in [0.4, 0.5) is 5.69 Å². The van der Waals surface area contributed by atoms with Crippen LogP contribution in [-0.2, 0) is 14.3 Å². The van der Waals surface area contributed by atoms with Crippen molar-refractivity contribution in [2.75, 3.05) is 52.7 Å². The molecule has 0 radical (unpaired) electrons. The lowest BCUT2D eigenvalue weighted by Gasteiger charge is -2.26. The average Bonchev–Trinajstić information content (AvgIpc) is 2.57. The molecule has 1 N–H and O–H groups in total. The second-order valence-corrected chi connectivity index (χ2v) is 8.16. The number of hydrogen-bond donors (Lipinski definition) is 1. The van der Waals surface area contributed by atoms with Crippen LogP contribution >= 0.6 is 11.6 Å². The fourth-order valence-corrected chi connectivity index (χ4v) is 2.59. The van der Waals surface area contributed by atoms with E-state index in [9.17, 15) is 9.59 Å². The first-order valence-corrected chi connectivity index (χ1v) is 9.61. The average molecular weight is 414 g/mol. The van der Waals surface area contributed by atoms with Crippen LogP contribution in [0.3, 0.4) is 0 Å². The minimum absolute atomic E-state index is 0.0651. The highest BCUT2D eigenvalue weighted by Crippen LogP contribution is 2.27. The first-order chi connectivity index (χ1) is 13.0. The molecule has 0 bridgehead atoms. The molecule has 28 heavy (non-hydrogen) atoms. The smallest absolute Gasteiger partial charge is 0.326 e. The van der Waals surface area contributed by atoms with Gasteiger partial charge < -0.3 is 24.6 Å². The Kier molecular flexibility index (Phi) is 9.55. The van der Waals surface area contributed by atoms with E-state index in [1.807, 2.05) is 19.0 Å². The number of amides is 1. The van der Waals surface area contributed by atoms with Crippen molar-refractivity contribution in [3.63, 3.8) is 0 Å². The second-order valence-electron chi connectivity index (χ2n) is 7.73. The molecule has 0 aliphatic rings. The monoisotopic (exact) mass is 413 g/mol. The topological polar surface area (TPSA) is 71.1 Å². The van der Waals surface area contributed by atoms with Gasteiger partial charge in [-0.2, -0.15) is 0 Å². The maximum Gasteiger partial charge on any atom is 0.326 e. The standard InChI is InChI=1S/C20H32ClN3O4/c1-20(2,3)28-19(26)14-24(12-11-23(4)5)18(25)9-10-22-16-13-15(21)7-8-17(16)27-6/h7-8,13,22H,9-12,14H2,1-6H3. The predicted molar refractivity (Wildman–Crippen MR) is 112 cm³/mol. The highest BCUT2D eigenvalue weighted by Gasteiger charge is 2.22. The molecule has 1 aromatic rings. The Morgan fingerprint density at radius 3 is 2.43 bits per heavy atom. The van der Waals surface area contributed by atoms with Crippen molar-refractivity contribution >= 4 is 29.2 Å². The van der Waals surface area contributed by atoms with Gasteiger partial charge in [-0.3, -0.25) is 9.59 Å². The Balaban J connectivity index is 2.67. The minimum atomic E-state index is -0.585. The maximum absolute atomic E-state index is 12.7. The predicted octanol–water partition coefficient (Wildman–Crippen LogP) is 2.88. The van der Waals surface area contributed by atoms with Gasteiger partial charge >= 0.3 is 5.97 Å². The first-order valence-electron chi connectivity index (χ1n) is 9.23. The number of halogens is 1. The van der Waals surface area contributed by atoms with Crippen molar-refractivity contribution in [1.29, 1.82) is 0 Å². The molecule has 7 nitrogen and oxygen atoms in total. The molecular formula is C20H32ClN3O4. The number of esters is 1. The van der Waals surface area contributed by atoms with E-state index in [0.717, 1.165) is 5.69 Å². The quantitative estimate of drug-likeness (QED) is 0.595. The summed E-state index contributed by atoms with van der Waals surface area (Å²) in [5.74, 6) is 0.111. The van der Waals surface area contributed by atoms with Crippen LogP contribution in [0.5, 0.6) is 5.75 Å². The molecule has 0 fully saturated rings. The molecular weight excluding hydrogens is 382 g/mol. The summed E-state index contributed by atoms with van der Waals surface area (Å²) in [5, 5.41) is 3.74. The van der Waals surface area contributed by atoms with E-state index >= 15 is 0 Å². The third kappa shape index (κ3) is 9.28. The third-order valence-corrected chi connectivity index (χ3v) is 3.96. The largest absolute Gasteiger partial charge is 0.495 e. The van der Waals surface area contributed by atoms with Crippen LogP contribution in [0.15, 0.2) is 18.2 Å². The van der Waals surface area contributed by atoms with Gasteiger partial charge in [0.05, 0.1) is 12.8 Å². The summed E-state index contributed by atoms with van der Waals surface area (Å²) in [7, 11) is 5.41. The fourth-order valence-electron chi connectivity index (χ4n) is 2.42. The van der Waals surface area contributed by atoms with Crippen molar-refractivity contribution < 1.29 is 19.1 Å². The minimum Gasteiger partial charge on any atom is -0.495 e. The number of nitrogens with zero attached hydrogens (tertiary/aromatic N) is 2. The van der Waals surface area contributed by atoms with Gasteiger partial charge in [-0.15, -0.1) is 0 Å². The Hall–Kier alpha value is -1.99. The Morgan fingerprint density at radius 2 is 1.86 bits per heavy atom. The van der Waals surface area contributed by atoms with Gasteiger partial charge in [0.1, 0.15) is 17.9 Å². The summed E-state index contributed by atoms with van der Waals surface area (Å²) in [6.07, 6.45) is 0.228. The Labute approximate surface area is 172 Å². The molecule has 0 aliphatic heterocycles. The van der Waals surface area contributed by atoms with Crippen LogP contribution in [-0.4, -0.2) is 74.7 Å². The highest BCUT2D eigenvalue weighted by molar-refractivity contribution is 6.30. The van der Waals surface area contributed by atoms with Gasteiger partial charge in [0.2, 0.25) is 5.91 Å². The number of nitrogens with one attached hydrogen (secondary N) is 1. The number of benzene rings is 1. The van der Waals surface area contributed by atoms with E-state index in [1.165, 1.54) is 4.90 Å². The molecule has 0 spiro atoms. The van der Waals surface area contributed by atoms with E-state index in [1.54, 1.807) is 46.1 Å². The number of hydrogen-bond acceptors (Lipinski definition) is 6. The van der Waals surface area contributed by atoms with Gasteiger partial charge in [-0.25, -0.2) is 0 Å². The number of rotatable bonds is 10. The van der Waals surface area contributed by atoms with E-state index in [2.05, 4.69) is 5.32 Å². The van der Waals surface area contributed by atoms with E-state index in [0.29, 0.717) is 30.4 Å². The number of carbonyl (C=O) groups excluding carboxylic acids is 2. The van der Waals surface area contributed by atoms with Crippen LogP contribution in [0.2, 0.25) is 5.02 Å². The summed E-state index contributed by atoms with van der Waals surface area (Å²) in [5.41, 5.74) is 0.132. The molecule has 1 amide bonds. The Bertz CT molecular complexity index is 659. The second kappa shape index (κ2) is 11.1. The van der Waals surface area contributed by atoms with E-state index in [4.69, 9.17) is 21.1 Å². The fraction of sp³-hybridized carbons (Fsp3) is 0.600. The van der Waals surface area contributed by atoms with Crippen LogP contribution in [0, 0.1) is 0 Å². The Morgan fingerprint density at radius 1 is 1.18 bits per heavy atom. The van der Waals surface area contributed by atoms with Gasteiger partial charge in [0.25, 0.3) is 0 Å². The van der Waals surface area contributed by atoms with Gasteiger partial charge in [-0.1, -0.05) is 11.6 Å². The molecule has 8 heteroatoms. The van der Waals surface area contributed by atoms with Gasteiger partial charge in [0.15, 0.2) is 0 Å². The van der Waals surface area contributed by atoms with Gasteiger partial charge in [-0.05, 0) is 53.1 Å². The van der Waals surface area contributed by atoms with Crippen molar-refractivity contribution in [2.45, 2.75) is 32.8 Å². The molecule has 158 valence electrons. The van der Waals surface area contributed by atoms with Crippen LogP contribution < -0.4 is 10.1 Å². The first kappa shape index (κ1) is 24.0. The van der Waals surface area contributed by atoms with Crippen molar-refractivity contribution in [1.82, 2.24) is 9.80 Å². The zero-order valence-electron chi connectivity index (χ0n) is 17.7. The van der Waals surface area contributed by atoms with Crippen LogP contribution in [0.1, 0.15) is 27.2 Å². The molecule has 0 atom stereocenters. The lowest BCUT2D eigenvalue weighted by Crippen LogP contribution is -2.42. The molecule has 0 unspecified atom stereocenters. The molecule has 1 aromatic carbocycles. The lowest BCUT2D eigenvalue weighted by atomic mass is 10.2. The molecule has 0 aliphatic carbocycles. The number of likely N-dealkylation sites (N-methyl/N-ethyl adjacent to an activating group) is 1. The molecule has 0 heterocycles. The van der Waals surface area contributed by atoms with Crippen LogP contribution in [0.25, 0.3) is 0 Å². The summed E-state index contributed by atoms with van der Waals surface area (Å²) in [6, 6.07) is 5.24. The van der Waals surface area contributed by atoms with E-state index < -0.39 is 11.6 Å². The summed E-state index contributed by atoms with van der Waals surface area (Å²) in [4.78, 5) is 28.3. The summed E-state index contributed by atoms with van der Waals surface area (Å²) >= 11 is 6.02. The van der Waals surface area contributed by atoms with Gasteiger partial charge in [0, 0.05) is 31.1 Å². The summed E-state index contributed by atoms with van der Waals surface area (Å²) in [6.45, 7) is 6.85. The van der Waals surface area contributed by atoms with E-state index in [-0.39, 0.29) is 18.9 Å².